The molecule has 4 nitrogen and oxygen atoms in total. The molecule has 0 unspecified atom stereocenters. The Balaban J connectivity index is 1.73. The van der Waals surface area contributed by atoms with Crippen molar-refractivity contribution in [3.05, 3.63) is 65.2 Å². The van der Waals surface area contributed by atoms with Gasteiger partial charge in [0, 0.05) is 17.9 Å². The first-order chi connectivity index (χ1) is 12.1. The Bertz CT molecular complexity index is 689. The van der Waals surface area contributed by atoms with Crippen LogP contribution in [0.3, 0.4) is 0 Å². The molecule has 1 aliphatic rings. The first-order valence-corrected chi connectivity index (χ1v) is 9.01. The smallest absolute Gasteiger partial charge is 0.287 e. The maximum Gasteiger partial charge on any atom is 0.287 e. The van der Waals surface area contributed by atoms with E-state index in [0.717, 1.165) is 48.4 Å². The van der Waals surface area contributed by atoms with Crippen LogP contribution in [0.4, 0.5) is 5.69 Å². The third-order valence-electron chi connectivity index (χ3n) is 4.59. The quantitative estimate of drug-likeness (QED) is 0.850. The van der Waals surface area contributed by atoms with Gasteiger partial charge < -0.3 is 15.4 Å². The highest BCUT2D eigenvalue weighted by molar-refractivity contribution is 5.94. The zero-order valence-electron chi connectivity index (χ0n) is 15.0. The Morgan fingerprint density at radius 3 is 2.56 bits per heavy atom. The Hall–Kier alpha value is -2.17. The molecule has 1 aliphatic heterocycles. The Labute approximate surface area is 149 Å². The Morgan fingerprint density at radius 2 is 1.92 bits per heavy atom. The van der Waals surface area contributed by atoms with Gasteiger partial charge >= 0.3 is 0 Å². The first kappa shape index (κ1) is 17.6. The number of carbonyl (C=O) groups is 1. The number of carbonyl (C=O) groups excluding carboxylic acids is 1. The van der Waals surface area contributed by atoms with Crippen LogP contribution in [0.5, 0.6) is 0 Å². The number of ether oxygens (including phenoxy) is 1. The first-order valence-electron chi connectivity index (χ1n) is 9.01. The number of rotatable bonds is 6. The van der Waals surface area contributed by atoms with Gasteiger partial charge in [0.05, 0.1) is 0 Å². The van der Waals surface area contributed by atoms with Crippen LogP contribution >= 0.6 is 0 Å². The monoisotopic (exact) mass is 339 g/mol. The summed E-state index contributed by atoms with van der Waals surface area (Å²) in [5.74, 6) is 0.00852. The third kappa shape index (κ3) is 4.91. The van der Waals surface area contributed by atoms with Crippen LogP contribution in [0, 0.1) is 13.8 Å². The average Bonchev–Trinajstić information content (AvgIpc) is 3.08. The molecule has 3 rings (SSSR count). The van der Waals surface area contributed by atoms with Gasteiger partial charge in [-0.15, -0.1) is 0 Å². The molecule has 0 radical (unpaired) electrons. The van der Waals surface area contributed by atoms with Gasteiger partial charge in [-0.2, -0.15) is 0 Å². The fourth-order valence-electron chi connectivity index (χ4n) is 3.44. The zero-order valence-corrected chi connectivity index (χ0v) is 15.0. The summed E-state index contributed by atoms with van der Waals surface area (Å²) in [4.78, 5) is 13.0. The summed E-state index contributed by atoms with van der Waals surface area (Å²) in [6, 6.07) is 15.8. The number of hydrogen-bond donors (Lipinski definition) is 2. The van der Waals surface area contributed by atoms with E-state index in [1.165, 1.54) is 0 Å². The molecule has 0 saturated carbocycles. The maximum atomic E-state index is 13.0. The molecule has 0 aromatic heterocycles. The van der Waals surface area contributed by atoms with Crippen molar-refractivity contribution < 1.29 is 14.8 Å². The summed E-state index contributed by atoms with van der Waals surface area (Å²) in [6.07, 6.45) is 2.44. The molecule has 132 valence electrons. The fraction of sp³-hybridized carbons (Fsp3) is 0.381. The van der Waals surface area contributed by atoms with Crippen molar-refractivity contribution in [2.75, 3.05) is 18.5 Å². The molecule has 2 atom stereocenters. The van der Waals surface area contributed by atoms with Gasteiger partial charge in [0.1, 0.15) is 12.6 Å². The van der Waals surface area contributed by atoms with Crippen LogP contribution in [-0.4, -0.2) is 25.2 Å². The van der Waals surface area contributed by atoms with E-state index in [-0.39, 0.29) is 18.1 Å². The molecule has 25 heavy (non-hydrogen) atoms. The van der Waals surface area contributed by atoms with Gasteiger partial charge in [-0.3, -0.25) is 4.79 Å². The Kier molecular flexibility index (Phi) is 5.84. The number of amides is 1. The summed E-state index contributed by atoms with van der Waals surface area (Å²) in [6.45, 7) is 5.73. The van der Waals surface area contributed by atoms with Crippen molar-refractivity contribution >= 4 is 11.6 Å². The van der Waals surface area contributed by atoms with Crippen LogP contribution < -0.4 is 10.6 Å². The van der Waals surface area contributed by atoms with E-state index >= 15 is 0 Å². The number of hydrogen-bond acceptors (Lipinski definition) is 2. The van der Waals surface area contributed by atoms with Crippen LogP contribution in [0.2, 0.25) is 0 Å². The minimum Gasteiger partial charge on any atom is -0.372 e. The molecular weight excluding hydrogens is 312 g/mol. The lowest BCUT2D eigenvalue weighted by Gasteiger charge is -2.18. The molecule has 0 spiro atoms. The van der Waals surface area contributed by atoms with E-state index in [0.29, 0.717) is 0 Å². The number of benzene rings is 2. The molecular formula is C21H27N2O2+. The van der Waals surface area contributed by atoms with Crippen molar-refractivity contribution in [2.24, 2.45) is 0 Å². The van der Waals surface area contributed by atoms with Gasteiger partial charge in [-0.1, -0.05) is 36.4 Å². The summed E-state index contributed by atoms with van der Waals surface area (Å²) in [5, 5.41) is 5.19. The molecule has 3 N–H and O–H groups in total. The van der Waals surface area contributed by atoms with Crippen molar-refractivity contribution in [2.45, 2.75) is 38.8 Å². The lowest BCUT2D eigenvalue weighted by Crippen LogP contribution is -2.89. The van der Waals surface area contributed by atoms with E-state index in [4.69, 9.17) is 4.74 Å². The van der Waals surface area contributed by atoms with Crippen molar-refractivity contribution in [1.82, 2.24) is 0 Å². The van der Waals surface area contributed by atoms with Crippen molar-refractivity contribution in [1.29, 1.82) is 0 Å². The number of nitrogens with one attached hydrogen (secondary N) is 1. The third-order valence-corrected chi connectivity index (χ3v) is 4.59. The minimum atomic E-state index is -0.272. The predicted octanol–water partition coefficient (Wildman–Crippen LogP) is 2.73. The molecule has 1 amide bonds. The second-order valence-electron chi connectivity index (χ2n) is 6.86. The molecule has 2 aromatic rings. The number of quaternary nitrogens is 1. The molecule has 1 heterocycles. The predicted molar refractivity (Wildman–Crippen MR) is 99.5 cm³/mol. The van der Waals surface area contributed by atoms with Gasteiger partial charge in [0.15, 0.2) is 6.04 Å². The standard InChI is InChI=1S/C21H26N2O2/c1-15-11-16(2)13-18(12-15)23-21(24)20(17-7-4-3-5-8-17)22-14-19-9-6-10-25-19/h3-5,7-8,11-13,19-20,22H,6,9-10,14H2,1-2H3,(H,23,24)/p+1/t19-,20+/m0/s1. The SMILES string of the molecule is Cc1cc(C)cc(NC(=O)[C@H]([NH2+]C[C@@H]2CCCO2)c2ccccc2)c1. The van der Waals surface area contributed by atoms with Gasteiger partial charge in [-0.25, -0.2) is 0 Å². The molecule has 2 aromatic carbocycles. The summed E-state index contributed by atoms with van der Waals surface area (Å²) >= 11 is 0. The normalized spacial score (nSPS) is 18.1. The highest BCUT2D eigenvalue weighted by Crippen LogP contribution is 2.17. The van der Waals surface area contributed by atoms with Crippen molar-refractivity contribution in [3.8, 4) is 0 Å². The van der Waals surface area contributed by atoms with Crippen molar-refractivity contribution in [3.63, 3.8) is 0 Å². The van der Waals surface area contributed by atoms with E-state index < -0.39 is 0 Å². The van der Waals surface area contributed by atoms with E-state index in [9.17, 15) is 4.79 Å². The summed E-state index contributed by atoms with van der Waals surface area (Å²) in [5.41, 5.74) is 4.17. The average molecular weight is 339 g/mol. The van der Waals surface area contributed by atoms with E-state index in [1.54, 1.807) is 0 Å². The fourth-order valence-corrected chi connectivity index (χ4v) is 3.44. The van der Waals surface area contributed by atoms with Crippen LogP contribution in [0.25, 0.3) is 0 Å². The van der Waals surface area contributed by atoms with Gasteiger partial charge in [0.2, 0.25) is 0 Å². The number of nitrogens with two attached hydrogens (primary N) is 1. The second-order valence-corrected chi connectivity index (χ2v) is 6.86. The maximum absolute atomic E-state index is 13.0. The second kappa shape index (κ2) is 8.28. The van der Waals surface area contributed by atoms with Crippen LogP contribution in [-0.2, 0) is 9.53 Å². The molecule has 1 saturated heterocycles. The Morgan fingerprint density at radius 1 is 1.20 bits per heavy atom. The lowest BCUT2D eigenvalue weighted by molar-refractivity contribution is -0.687. The molecule has 0 aliphatic carbocycles. The lowest BCUT2D eigenvalue weighted by atomic mass is 10.0. The van der Waals surface area contributed by atoms with E-state index in [1.807, 2.05) is 56.3 Å². The minimum absolute atomic E-state index is 0.00852. The van der Waals surface area contributed by atoms with Crippen LogP contribution in [0.1, 0.15) is 35.6 Å². The van der Waals surface area contributed by atoms with Crippen LogP contribution in [0.15, 0.2) is 48.5 Å². The van der Waals surface area contributed by atoms with E-state index in [2.05, 4.69) is 16.7 Å². The number of aryl methyl sites for hydroxylation is 2. The zero-order chi connectivity index (χ0) is 17.6. The van der Waals surface area contributed by atoms with Gasteiger partial charge in [0.25, 0.3) is 5.91 Å². The summed E-state index contributed by atoms with van der Waals surface area (Å²) < 4.78 is 5.71. The molecule has 1 fully saturated rings. The molecule has 0 bridgehead atoms. The highest BCUT2D eigenvalue weighted by atomic mass is 16.5. The topological polar surface area (TPSA) is 54.9 Å². The van der Waals surface area contributed by atoms with Gasteiger partial charge in [-0.05, 0) is 49.9 Å². The largest absolute Gasteiger partial charge is 0.372 e. The highest BCUT2D eigenvalue weighted by Gasteiger charge is 2.27. The number of anilines is 1. The molecule has 4 heteroatoms. The summed E-state index contributed by atoms with van der Waals surface area (Å²) in [7, 11) is 0.